The molecule has 0 radical (unpaired) electrons. The molecule has 1 aliphatic heterocycles. The van der Waals surface area contributed by atoms with Crippen LogP contribution >= 0.6 is 11.3 Å². The lowest BCUT2D eigenvalue weighted by Gasteiger charge is -2.24. The minimum Gasteiger partial charge on any atom is -0.382 e. The Kier molecular flexibility index (Phi) is 4.98. The fourth-order valence-electron chi connectivity index (χ4n) is 2.96. The number of halogens is 1. The van der Waals surface area contributed by atoms with Crippen molar-refractivity contribution >= 4 is 28.6 Å². The molecule has 0 spiro atoms. The van der Waals surface area contributed by atoms with Crippen molar-refractivity contribution in [2.24, 2.45) is 5.16 Å². The average molecular weight is 380 g/mol. The molecule has 0 fully saturated rings. The fourth-order valence-corrected chi connectivity index (χ4v) is 3.65. The van der Waals surface area contributed by atoms with Crippen molar-refractivity contribution in [3.05, 3.63) is 88.4 Å². The standard InChI is InChI=1S/C21H17FN2O2S/c22-16-8-10-17(11-9-16)24(14-18-7-4-12-27-18)21(25)20-13-19(23-26-20)15-5-2-1-3-6-15/h1-12,20H,13-14H2/t20-/m0/s1. The molecule has 0 unspecified atom stereocenters. The summed E-state index contributed by atoms with van der Waals surface area (Å²) in [5.41, 5.74) is 2.33. The minimum atomic E-state index is -0.690. The Morgan fingerprint density at radius 3 is 2.59 bits per heavy atom. The van der Waals surface area contributed by atoms with Crippen LogP contribution in [0.1, 0.15) is 16.9 Å². The van der Waals surface area contributed by atoms with Crippen LogP contribution in [-0.4, -0.2) is 17.7 Å². The first-order valence-electron chi connectivity index (χ1n) is 8.58. The molecule has 0 N–H and O–H groups in total. The molecule has 27 heavy (non-hydrogen) atoms. The van der Waals surface area contributed by atoms with E-state index < -0.39 is 6.10 Å². The molecular weight excluding hydrogens is 363 g/mol. The molecule has 136 valence electrons. The lowest BCUT2D eigenvalue weighted by molar-refractivity contribution is -0.128. The summed E-state index contributed by atoms with van der Waals surface area (Å²) in [6.07, 6.45) is -0.282. The van der Waals surface area contributed by atoms with E-state index in [0.717, 1.165) is 16.2 Å². The molecule has 1 atom stereocenters. The van der Waals surface area contributed by atoms with Gasteiger partial charge in [-0.1, -0.05) is 41.6 Å². The van der Waals surface area contributed by atoms with Gasteiger partial charge >= 0.3 is 0 Å². The fraction of sp³-hybridized carbons (Fsp3) is 0.143. The third-order valence-electron chi connectivity index (χ3n) is 4.35. The highest BCUT2D eigenvalue weighted by Gasteiger charge is 2.33. The number of hydrogen-bond acceptors (Lipinski definition) is 4. The number of hydrogen-bond donors (Lipinski definition) is 0. The lowest BCUT2D eigenvalue weighted by Crippen LogP contribution is -2.39. The number of carbonyl (C=O) groups excluding carboxylic acids is 1. The molecule has 0 saturated carbocycles. The smallest absolute Gasteiger partial charge is 0.271 e. The van der Waals surface area contributed by atoms with E-state index in [9.17, 15) is 9.18 Å². The highest BCUT2D eigenvalue weighted by Crippen LogP contribution is 2.25. The van der Waals surface area contributed by atoms with E-state index in [0.29, 0.717) is 18.7 Å². The van der Waals surface area contributed by atoms with Crippen molar-refractivity contribution < 1.29 is 14.0 Å². The van der Waals surface area contributed by atoms with Gasteiger partial charge in [-0.05, 0) is 41.3 Å². The third kappa shape index (κ3) is 3.90. The second kappa shape index (κ2) is 7.72. The maximum Gasteiger partial charge on any atom is 0.271 e. The van der Waals surface area contributed by atoms with Crippen LogP contribution in [-0.2, 0) is 16.2 Å². The topological polar surface area (TPSA) is 41.9 Å². The summed E-state index contributed by atoms with van der Waals surface area (Å²) in [7, 11) is 0. The number of benzene rings is 2. The second-order valence-corrected chi connectivity index (χ2v) is 7.21. The van der Waals surface area contributed by atoms with Crippen molar-refractivity contribution in [3.8, 4) is 0 Å². The Morgan fingerprint density at radius 1 is 1.11 bits per heavy atom. The van der Waals surface area contributed by atoms with Crippen molar-refractivity contribution in [1.82, 2.24) is 0 Å². The number of anilines is 1. The highest BCUT2D eigenvalue weighted by atomic mass is 32.1. The van der Waals surface area contributed by atoms with Gasteiger partial charge in [-0.15, -0.1) is 11.3 Å². The van der Waals surface area contributed by atoms with Gasteiger partial charge in [-0.3, -0.25) is 4.79 Å². The molecule has 2 aromatic carbocycles. The molecule has 2 heterocycles. The Morgan fingerprint density at radius 2 is 1.89 bits per heavy atom. The minimum absolute atomic E-state index is 0.190. The first-order valence-corrected chi connectivity index (χ1v) is 9.46. The summed E-state index contributed by atoms with van der Waals surface area (Å²) < 4.78 is 13.3. The molecule has 1 aliphatic rings. The van der Waals surface area contributed by atoms with Crippen molar-refractivity contribution in [3.63, 3.8) is 0 Å². The molecule has 4 rings (SSSR count). The van der Waals surface area contributed by atoms with E-state index >= 15 is 0 Å². The SMILES string of the molecule is O=C([C@@H]1CC(c2ccccc2)=NO1)N(Cc1cccs1)c1ccc(F)cc1. The van der Waals surface area contributed by atoms with Crippen LogP contribution in [0.5, 0.6) is 0 Å². The monoisotopic (exact) mass is 380 g/mol. The molecule has 4 nitrogen and oxygen atoms in total. The number of thiophene rings is 1. The van der Waals surface area contributed by atoms with Gasteiger partial charge in [0.2, 0.25) is 6.10 Å². The first-order chi connectivity index (χ1) is 13.2. The molecule has 1 aromatic heterocycles. The van der Waals surface area contributed by atoms with Gasteiger partial charge in [0.15, 0.2) is 0 Å². The Labute approximate surface area is 160 Å². The predicted molar refractivity (Wildman–Crippen MR) is 104 cm³/mol. The van der Waals surface area contributed by atoms with Crippen molar-refractivity contribution in [2.45, 2.75) is 19.1 Å². The quantitative estimate of drug-likeness (QED) is 0.648. The van der Waals surface area contributed by atoms with Crippen LogP contribution < -0.4 is 4.90 Å². The molecule has 1 amide bonds. The summed E-state index contributed by atoms with van der Waals surface area (Å²) >= 11 is 1.57. The highest BCUT2D eigenvalue weighted by molar-refractivity contribution is 7.09. The van der Waals surface area contributed by atoms with Gasteiger partial charge in [0, 0.05) is 17.0 Å². The maximum atomic E-state index is 13.3. The molecule has 0 saturated heterocycles. The predicted octanol–water partition coefficient (Wildman–Crippen LogP) is 4.61. The van der Waals surface area contributed by atoms with Gasteiger partial charge in [0.1, 0.15) is 5.82 Å². The number of carbonyl (C=O) groups is 1. The van der Waals surface area contributed by atoms with Crippen LogP contribution in [0.15, 0.2) is 77.3 Å². The largest absolute Gasteiger partial charge is 0.382 e. The molecule has 6 heteroatoms. The summed E-state index contributed by atoms with van der Waals surface area (Å²) in [5.74, 6) is -0.529. The van der Waals surface area contributed by atoms with Crippen molar-refractivity contribution in [1.29, 1.82) is 0 Å². The Balaban J connectivity index is 1.55. The zero-order valence-electron chi connectivity index (χ0n) is 14.4. The molecule has 0 aliphatic carbocycles. The lowest BCUT2D eigenvalue weighted by atomic mass is 10.0. The summed E-state index contributed by atoms with van der Waals surface area (Å²) in [5, 5.41) is 6.07. The van der Waals surface area contributed by atoms with E-state index in [-0.39, 0.29) is 11.7 Å². The first kappa shape index (κ1) is 17.4. The summed E-state index contributed by atoms with van der Waals surface area (Å²) in [6.45, 7) is 0.405. The van der Waals surface area contributed by atoms with E-state index in [2.05, 4.69) is 5.16 Å². The van der Waals surface area contributed by atoms with Gasteiger partial charge in [0.25, 0.3) is 5.91 Å². The van der Waals surface area contributed by atoms with Gasteiger partial charge in [0.05, 0.1) is 12.3 Å². The van der Waals surface area contributed by atoms with E-state index in [1.165, 1.54) is 12.1 Å². The second-order valence-electron chi connectivity index (χ2n) is 6.18. The third-order valence-corrected chi connectivity index (χ3v) is 5.21. The summed E-state index contributed by atoms with van der Waals surface area (Å²) in [4.78, 5) is 21.3. The maximum absolute atomic E-state index is 13.3. The normalized spacial score (nSPS) is 15.9. The van der Waals surface area contributed by atoms with Crippen LogP contribution in [0.2, 0.25) is 0 Å². The zero-order valence-corrected chi connectivity index (χ0v) is 15.2. The zero-order chi connectivity index (χ0) is 18.6. The van der Waals surface area contributed by atoms with Crippen molar-refractivity contribution in [2.75, 3.05) is 4.90 Å². The number of rotatable bonds is 5. The van der Waals surface area contributed by atoms with Gasteiger partial charge in [-0.25, -0.2) is 4.39 Å². The van der Waals surface area contributed by atoms with E-state index in [4.69, 9.17) is 4.84 Å². The van der Waals surface area contributed by atoms with Crippen LogP contribution in [0.4, 0.5) is 10.1 Å². The van der Waals surface area contributed by atoms with Gasteiger partial charge in [-0.2, -0.15) is 0 Å². The van der Waals surface area contributed by atoms with Crippen LogP contribution in [0.3, 0.4) is 0 Å². The average Bonchev–Trinajstić information content (AvgIpc) is 3.39. The van der Waals surface area contributed by atoms with Crippen LogP contribution in [0.25, 0.3) is 0 Å². The Bertz CT molecular complexity index is 940. The number of nitrogens with zero attached hydrogens (tertiary/aromatic N) is 2. The summed E-state index contributed by atoms with van der Waals surface area (Å²) in [6, 6.07) is 19.5. The number of amides is 1. The molecule has 0 bridgehead atoms. The van der Waals surface area contributed by atoms with Crippen LogP contribution in [0, 0.1) is 5.82 Å². The number of oxime groups is 1. The van der Waals surface area contributed by atoms with Gasteiger partial charge < -0.3 is 9.74 Å². The molecular formula is C21H17FN2O2S. The molecule has 3 aromatic rings. The van der Waals surface area contributed by atoms with E-state index in [1.54, 1.807) is 28.4 Å². The Hall–Kier alpha value is -2.99. The van der Waals surface area contributed by atoms with E-state index in [1.807, 2.05) is 47.8 Å².